The second-order valence-electron chi connectivity index (χ2n) is 7.42. The molecule has 2 heterocycles. The number of sulfone groups is 1. The van der Waals surface area contributed by atoms with Gasteiger partial charge in [0.25, 0.3) is 0 Å². The van der Waals surface area contributed by atoms with Crippen LogP contribution in [0.3, 0.4) is 0 Å². The molecule has 0 unspecified atom stereocenters. The van der Waals surface area contributed by atoms with Crippen molar-refractivity contribution in [2.75, 3.05) is 13.1 Å². The van der Waals surface area contributed by atoms with Crippen molar-refractivity contribution < 1.29 is 17.9 Å². The van der Waals surface area contributed by atoms with Crippen LogP contribution in [0.1, 0.15) is 43.9 Å². The molecule has 1 aromatic carbocycles. The zero-order valence-corrected chi connectivity index (χ0v) is 15.1. The molecule has 2 aliphatic heterocycles. The Bertz CT molecular complexity index is 803. The Balaban J connectivity index is 1.71. The van der Waals surface area contributed by atoms with Crippen LogP contribution in [0.2, 0.25) is 0 Å². The monoisotopic (exact) mass is 349 g/mol. The molecule has 0 aliphatic carbocycles. The summed E-state index contributed by atoms with van der Waals surface area (Å²) in [4.78, 5) is 13.8. The smallest absolute Gasteiger partial charge is 0.410 e. The second kappa shape index (κ2) is 5.92. The van der Waals surface area contributed by atoms with Gasteiger partial charge in [-0.15, -0.1) is 0 Å². The average molecular weight is 349 g/mol. The summed E-state index contributed by atoms with van der Waals surface area (Å²) in [5.41, 5.74) is 3.53. The third kappa shape index (κ3) is 3.80. The molecule has 0 fully saturated rings. The molecule has 1 amide bonds. The molecule has 0 aromatic heterocycles. The molecular weight excluding hydrogens is 326 g/mol. The molecule has 1 aromatic rings. The Morgan fingerprint density at radius 1 is 1.17 bits per heavy atom. The van der Waals surface area contributed by atoms with E-state index in [2.05, 4.69) is 0 Å². The SMILES string of the molecule is CC(C)(C)OC(=O)N1CC=C(c2ccc3c(c2)CS(=O)(=O)C3)CC1. The summed E-state index contributed by atoms with van der Waals surface area (Å²) < 4.78 is 28.9. The maximum atomic E-state index is 12.1. The lowest BCUT2D eigenvalue weighted by atomic mass is 9.96. The minimum atomic E-state index is -2.98. The zero-order valence-electron chi connectivity index (χ0n) is 14.3. The van der Waals surface area contributed by atoms with Crippen LogP contribution in [0.25, 0.3) is 5.57 Å². The quantitative estimate of drug-likeness (QED) is 0.781. The van der Waals surface area contributed by atoms with Crippen LogP contribution in [0, 0.1) is 0 Å². The number of fused-ring (bicyclic) bond motifs is 1. The van der Waals surface area contributed by atoms with E-state index in [0.717, 1.165) is 28.7 Å². The predicted molar refractivity (Wildman–Crippen MR) is 93.2 cm³/mol. The van der Waals surface area contributed by atoms with E-state index in [-0.39, 0.29) is 17.6 Å². The normalized spacial score (nSPS) is 19.6. The lowest BCUT2D eigenvalue weighted by molar-refractivity contribution is 0.0270. The van der Waals surface area contributed by atoms with Crippen LogP contribution in [0.4, 0.5) is 4.79 Å². The number of nitrogens with zero attached hydrogens (tertiary/aromatic N) is 1. The topological polar surface area (TPSA) is 63.7 Å². The van der Waals surface area contributed by atoms with Gasteiger partial charge in [-0.2, -0.15) is 0 Å². The number of hydrogen-bond donors (Lipinski definition) is 0. The van der Waals surface area contributed by atoms with E-state index >= 15 is 0 Å². The summed E-state index contributed by atoms with van der Waals surface area (Å²) >= 11 is 0. The van der Waals surface area contributed by atoms with Crippen molar-refractivity contribution in [3.05, 3.63) is 41.0 Å². The van der Waals surface area contributed by atoms with Gasteiger partial charge in [-0.05, 0) is 49.5 Å². The highest BCUT2D eigenvalue weighted by atomic mass is 32.2. The van der Waals surface area contributed by atoms with Gasteiger partial charge in [0.2, 0.25) is 0 Å². The fourth-order valence-electron chi connectivity index (χ4n) is 3.05. The summed E-state index contributed by atoms with van der Waals surface area (Å²) in [5, 5.41) is 0. The van der Waals surface area contributed by atoms with Crippen molar-refractivity contribution in [3.8, 4) is 0 Å². The van der Waals surface area contributed by atoms with Crippen molar-refractivity contribution in [3.63, 3.8) is 0 Å². The Labute approximate surface area is 143 Å². The number of carbonyl (C=O) groups is 1. The number of amides is 1. The fraction of sp³-hybridized carbons (Fsp3) is 0.500. The van der Waals surface area contributed by atoms with Crippen LogP contribution >= 0.6 is 0 Å². The summed E-state index contributed by atoms with van der Waals surface area (Å²) in [5.74, 6) is 0.279. The van der Waals surface area contributed by atoms with E-state index in [1.54, 1.807) is 4.90 Å². The average Bonchev–Trinajstić information content (AvgIpc) is 2.78. The minimum Gasteiger partial charge on any atom is -0.444 e. The first-order chi connectivity index (χ1) is 11.1. The summed E-state index contributed by atoms with van der Waals surface area (Å²) in [6.07, 6.45) is 2.47. The number of carbonyl (C=O) groups excluding carboxylic acids is 1. The summed E-state index contributed by atoms with van der Waals surface area (Å²) in [6, 6.07) is 5.87. The Morgan fingerprint density at radius 3 is 2.50 bits per heavy atom. The number of ether oxygens (including phenoxy) is 1. The minimum absolute atomic E-state index is 0.132. The molecule has 2 aliphatic rings. The van der Waals surface area contributed by atoms with Crippen LogP contribution in [-0.4, -0.2) is 38.1 Å². The predicted octanol–water partition coefficient (Wildman–Crippen LogP) is 3.14. The van der Waals surface area contributed by atoms with E-state index in [0.29, 0.717) is 13.1 Å². The molecule has 0 atom stereocenters. The van der Waals surface area contributed by atoms with Gasteiger partial charge in [0.05, 0.1) is 11.5 Å². The van der Waals surface area contributed by atoms with Gasteiger partial charge >= 0.3 is 6.09 Å². The van der Waals surface area contributed by atoms with Crippen LogP contribution < -0.4 is 0 Å². The van der Waals surface area contributed by atoms with E-state index in [1.165, 1.54) is 0 Å². The van der Waals surface area contributed by atoms with Crippen molar-refractivity contribution in [1.82, 2.24) is 4.90 Å². The van der Waals surface area contributed by atoms with E-state index < -0.39 is 15.4 Å². The zero-order chi connectivity index (χ0) is 17.5. The maximum Gasteiger partial charge on any atom is 0.410 e. The molecule has 130 valence electrons. The summed E-state index contributed by atoms with van der Waals surface area (Å²) in [7, 11) is -2.98. The Kier molecular flexibility index (Phi) is 4.20. The molecule has 0 saturated heterocycles. The molecule has 0 N–H and O–H groups in total. The Hall–Kier alpha value is -1.82. The molecule has 24 heavy (non-hydrogen) atoms. The summed E-state index contributed by atoms with van der Waals surface area (Å²) in [6.45, 7) is 6.69. The van der Waals surface area contributed by atoms with E-state index in [9.17, 15) is 13.2 Å². The first-order valence-corrected chi connectivity index (χ1v) is 9.95. The molecule has 5 nitrogen and oxygen atoms in total. The van der Waals surface area contributed by atoms with Gasteiger partial charge in [0.1, 0.15) is 5.60 Å². The highest BCUT2D eigenvalue weighted by Crippen LogP contribution is 2.30. The van der Waals surface area contributed by atoms with E-state index in [4.69, 9.17) is 4.74 Å². The van der Waals surface area contributed by atoms with E-state index in [1.807, 2.05) is 45.0 Å². The van der Waals surface area contributed by atoms with Crippen LogP contribution in [0.15, 0.2) is 24.3 Å². The highest BCUT2D eigenvalue weighted by molar-refractivity contribution is 7.90. The molecule has 6 heteroatoms. The molecular formula is C18H23NO4S. The van der Waals surface area contributed by atoms with Crippen molar-refractivity contribution in [2.24, 2.45) is 0 Å². The first-order valence-electron chi connectivity index (χ1n) is 8.12. The van der Waals surface area contributed by atoms with Gasteiger partial charge in [-0.3, -0.25) is 0 Å². The Morgan fingerprint density at radius 2 is 1.88 bits per heavy atom. The van der Waals surface area contributed by atoms with Gasteiger partial charge < -0.3 is 9.64 Å². The highest BCUT2D eigenvalue weighted by Gasteiger charge is 2.26. The lowest BCUT2D eigenvalue weighted by Gasteiger charge is -2.29. The van der Waals surface area contributed by atoms with Crippen LogP contribution in [-0.2, 0) is 26.1 Å². The number of benzene rings is 1. The van der Waals surface area contributed by atoms with Gasteiger partial charge in [-0.25, -0.2) is 13.2 Å². The van der Waals surface area contributed by atoms with Crippen LogP contribution in [0.5, 0.6) is 0 Å². The third-order valence-corrected chi connectivity index (χ3v) is 5.69. The van der Waals surface area contributed by atoms with Crippen molar-refractivity contribution in [2.45, 2.75) is 44.3 Å². The second-order valence-corrected chi connectivity index (χ2v) is 9.49. The first kappa shape index (κ1) is 17.0. The van der Waals surface area contributed by atoms with Crippen molar-refractivity contribution in [1.29, 1.82) is 0 Å². The van der Waals surface area contributed by atoms with Gasteiger partial charge in [0, 0.05) is 13.1 Å². The lowest BCUT2D eigenvalue weighted by Crippen LogP contribution is -2.39. The van der Waals surface area contributed by atoms with Gasteiger partial charge in [0.15, 0.2) is 9.84 Å². The number of rotatable bonds is 1. The molecule has 0 radical (unpaired) electrons. The molecule has 0 saturated carbocycles. The van der Waals surface area contributed by atoms with Gasteiger partial charge in [-0.1, -0.05) is 24.3 Å². The molecule has 0 spiro atoms. The fourth-order valence-corrected chi connectivity index (χ4v) is 4.65. The standard InChI is InChI=1S/C18H23NO4S/c1-18(2,3)23-17(20)19-8-6-13(7-9-19)14-4-5-15-11-24(21,22)12-16(15)10-14/h4-6,10H,7-9,11-12H2,1-3H3. The maximum absolute atomic E-state index is 12.1. The molecule has 3 rings (SSSR count). The largest absolute Gasteiger partial charge is 0.444 e. The van der Waals surface area contributed by atoms with Crippen molar-refractivity contribution >= 4 is 21.5 Å². The third-order valence-electron chi connectivity index (χ3n) is 4.19. The molecule has 0 bridgehead atoms. The number of hydrogen-bond acceptors (Lipinski definition) is 4.